The van der Waals surface area contributed by atoms with E-state index < -0.39 is 0 Å². The normalized spacial score (nSPS) is 12.3. The molecule has 0 saturated carbocycles. The first kappa shape index (κ1) is 14.9. The van der Waals surface area contributed by atoms with E-state index in [2.05, 4.69) is 16.0 Å². The second kappa shape index (κ2) is 8.10. The molecule has 16 heavy (non-hydrogen) atoms. The van der Waals surface area contributed by atoms with Crippen LogP contribution < -0.4 is 16.0 Å². The number of hydrogen-bond donors (Lipinski definition) is 3. The van der Waals surface area contributed by atoms with Crippen LogP contribution in [-0.2, 0) is 9.59 Å². The molecule has 5 nitrogen and oxygen atoms in total. The first-order valence-electron chi connectivity index (χ1n) is 5.69. The molecule has 0 saturated heterocycles. The van der Waals surface area contributed by atoms with Gasteiger partial charge in [-0.15, -0.1) is 0 Å². The number of amides is 2. The fourth-order valence-electron chi connectivity index (χ4n) is 1.15. The Bertz CT molecular complexity index is 229. The molecular weight excluding hydrogens is 206 g/mol. The van der Waals surface area contributed by atoms with E-state index in [-0.39, 0.29) is 23.7 Å². The highest BCUT2D eigenvalue weighted by atomic mass is 16.2. The summed E-state index contributed by atoms with van der Waals surface area (Å²) in [7, 11) is 1.81. The Balaban J connectivity index is 3.59. The van der Waals surface area contributed by atoms with Gasteiger partial charge in [-0.25, -0.2) is 0 Å². The molecule has 0 aromatic carbocycles. The molecule has 0 aliphatic heterocycles. The van der Waals surface area contributed by atoms with Gasteiger partial charge in [-0.3, -0.25) is 9.59 Å². The first-order valence-corrected chi connectivity index (χ1v) is 5.69. The van der Waals surface area contributed by atoms with Gasteiger partial charge in [0.05, 0.1) is 0 Å². The third-order valence-electron chi connectivity index (χ3n) is 2.21. The predicted molar refractivity (Wildman–Crippen MR) is 63.9 cm³/mol. The Labute approximate surface area is 97.4 Å². The molecule has 94 valence electrons. The molecule has 0 radical (unpaired) electrons. The molecule has 3 N–H and O–H groups in total. The van der Waals surface area contributed by atoms with Gasteiger partial charge >= 0.3 is 0 Å². The van der Waals surface area contributed by atoms with Crippen molar-refractivity contribution < 1.29 is 9.59 Å². The highest BCUT2D eigenvalue weighted by Crippen LogP contribution is 1.91. The lowest BCUT2D eigenvalue weighted by molar-refractivity contribution is -0.126. The highest BCUT2D eigenvalue weighted by molar-refractivity contribution is 5.79. The largest absolute Gasteiger partial charge is 0.354 e. The Morgan fingerprint density at radius 3 is 1.94 bits per heavy atom. The van der Waals surface area contributed by atoms with Crippen LogP contribution in [0.1, 0.15) is 20.8 Å². The third kappa shape index (κ3) is 6.40. The van der Waals surface area contributed by atoms with Gasteiger partial charge in [-0.1, -0.05) is 20.8 Å². The van der Waals surface area contributed by atoms with E-state index in [0.717, 1.165) is 0 Å². The van der Waals surface area contributed by atoms with Crippen molar-refractivity contribution >= 4 is 11.8 Å². The van der Waals surface area contributed by atoms with Crippen LogP contribution in [0.2, 0.25) is 0 Å². The van der Waals surface area contributed by atoms with Gasteiger partial charge in [-0.2, -0.15) is 0 Å². The monoisotopic (exact) mass is 229 g/mol. The fraction of sp³-hybridized carbons (Fsp3) is 0.818. The van der Waals surface area contributed by atoms with Gasteiger partial charge in [0.15, 0.2) is 0 Å². The number of nitrogens with one attached hydrogen (secondary N) is 3. The molecule has 0 aromatic rings. The second-order valence-corrected chi connectivity index (χ2v) is 4.20. The van der Waals surface area contributed by atoms with Crippen LogP contribution in [0.25, 0.3) is 0 Å². The topological polar surface area (TPSA) is 70.2 Å². The van der Waals surface area contributed by atoms with Crippen LogP contribution in [-0.4, -0.2) is 38.5 Å². The van der Waals surface area contributed by atoms with Gasteiger partial charge in [0.25, 0.3) is 0 Å². The minimum absolute atomic E-state index is 0.00754. The molecule has 0 fully saturated rings. The van der Waals surface area contributed by atoms with E-state index in [1.165, 1.54) is 0 Å². The maximum absolute atomic E-state index is 11.4. The van der Waals surface area contributed by atoms with Crippen molar-refractivity contribution in [3.05, 3.63) is 0 Å². The molecule has 0 heterocycles. The summed E-state index contributed by atoms with van der Waals surface area (Å²) in [4.78, 5) is 22.6. The van der Waals surface area contributed by atoms with Crippen molar-refractivity contribution in [1.29, 1.82) is 0 Å². The van der Waals surface area contributed by atoms with Gasteiger partial charge < -0.3 is 16.0 Å². The molecule has 0 spiro atoms. The molecule has 2 amide bonds. The molecule has 5 heteroatoms. The lowest BCUT2D eigenvalue weighted by atomic mass is 10.1. The van der Waals surface area contributed by atoms with Crippen molar-refractivity contribution in [3.8, 4) is 0 Å². The Kier molecular flexibility index (Phi) is 7.54. The van der Waals surface area contributed by atoms with E-state index in [9.17, 15) is 9.59 Å². The first-order chi connectivity index (χ1) is 7.49. The Hall–Kier alpha value is -1.10. The summed E-state index contributed by atoms with van der Waals surface area (Å²) in [6.07, 6.45) is 0. The molecule has 0 aliphatic rings. The summed E-state index contributed by atoms with van der Waals surface area (Å²) in [6, 6.07) is 0. The second-order valence-electron chi connectivity index (χ2n) is 4.20. The Morgan fingerprint density at radius 2 is 1.50 bits per heavy atom. The van der Waals surface area contributed by atoms with Gasteiger partial charge in [0.1, 0.15) is 0 Å². The molecular formula is C11H23N3O2. The van der Waals surface area contributed by atoms with Crippen LogP contribution >= 0.6 is 0 Å². The zero-order chi connectivity index (χ0) is 12.6. The summed E-state index contributed by atoms with van der Waals surface area (Å²) in [5.74, 6) is -0.0459. The van der Waals surface area contributed by atoms with Gasteiger partial charge in [0, 0.05) is 31.5 Å². The van der Waals surface area contributed by atoms with Crippen LogP contribution in [0.15, 0.2) is 0 Å². The summed E-state index contributed by atoms with van der Waals surface area (Å²) in [5, 5.41) is 8.45. The summed E-state index contributed by atoms with van der Waals surface area (Å²) in [6.45, 7) is 7.15. The van der Waals surface area contributed by atoms with Crippen molar-refractivity contribution in [2.45, 2.75) is 20.8 Å². The average molecular weight is 229 g/mol. The van der Waals surface area contributed by atoms with E-state index >= 15 is 0 Å². The number of rotatable bonds is 7. The zero-order valence-corrected chi connectivity index (χ0v) is 10.6. The van der Waals surface area contributed by atoms with Crippen LogP contribution in [0.3, 0.4) is 0 Å². The molecule has 1 atom stereocenters. The zero-order valence-electron chi connectivity index (χ0n) is 10.6. The van der Waals surface area contributed by atoms with Crippen molar-refractivity contribution in [3.63, 3.8) is 0 Å². The van der Waals surface area contributed by atoms with E-state index in [1.807, 2.05) is 27.8 Å². The standard InChI is InChI=1S/C11H23N3O2/c1-8(2)10(15)13-5-6-14-11(16)9(3)7-12-4/h8-9,12H,5-7H2,1-4H3,(H,13,15)(H,14,16). The van der Waals surface area contributed by atoms with Crippen LogP contribution in [0.5, 0.6) is 0 Å². The maximum atomic E-state index is 11.4. The average Bonchev–Trinajstić information content (AvgIpc) is 2.23. The van der Waals surface area contributed by atoms with E-state index in [1.54, 1.807) is 0 Å². The summed E-state index contributed by atoms with van der Waals surface area (Å²) in [5.41, 5.74) is 0. The lowest BCUT2D eigenvalue weighted by Gasteiger charge is -2.12. The molecule has 0 bridgehead atoms. The minimum atomic E-state index is -0.0502. The van der Waals surface area contributed by atoms with Crippen molar-refractivity contribution in [2.24, 2.45) is 11.8 Å². The minimum Gasteiger partial charge on any atom is -0.354 e. The smallest absolute Gasteiger partial charge is 0.224 e. The quantitative estimate of drug-likeness (QED) is 0.526. The number of carbonyl (C=O) groups excluding carboxylic acids is 2. The van der Waals surface area contributed by atoms with Crippen LogP contribution in [0.4, 0.5) is 0 Å². The Morgan fingerprint density at radius 1 is 1.00 bits per heavy atom. The third-order valence-corrected chi connectivity index (χ3v) is 2.21. The van der Waals surface area contributed by atoms with Gasteiger partial charge in [-0.05, 0) is 7.05 Å². The lowest BCUT2D eigenvalue weighted by Crippen LogP contribution is -2.40. The molecule has 1 unspecified atom stereocenters. The molecule has 0 rings (SSSR count). The summed E-state index contributed by atoms with van der Waals surface area (Å²) >= 11 is 0. The number of carbonyl (C=O) groups is 2. The summed E-state index contributed by atoms with van der Waals surface area (Å²) < 4.78 is 0. The van der Waals surface area contributed by atoms with Crippen molar-refractivity contribution in [2.75, 3.05) is 26.7 Å². The number of hydrogen-bond acceptors (Lipinski definition) is 3. The fourth-order valence-corrected chi connectivity index (χ4v) is 1.15. The SMILES string of the molecule is CNCC(C)C(=O)NCCNC(=O)C(C)C. The van der Waals surface area contributed by atoms with Crippen LogP contribution in [0, 0.1) is 11.8 Å². The molecule has 0 aromatic heterocycles. The maximum Gasteiger partial charge on any atom is 0.224 e. The molecule has 0 aliphatic carbocycles. The van der Waals surface area contributed by atoms with Crippen molar-refractivity contribution in [1.82, 2.24) is 16.0 Å². The predicted octanol–water partition coefficient (Wildman–Crippen LogP) is -0.270. The highest BCUT2D eigenvalue weighted by Gasteiger charge is 2.11. The van der Waals surface area contributed by atoms with E-state index in [0.29, 0.717) is 19.6 Å². The van der Waals surface area contributed by atoms with E-state index in [4.69, 9.17) is 0 Å². The van der Waals surface area contributed by atoms with Gasteiger partial charge in [0.2, 0.25) is 11.8 Å².